The molecule has 1 amide bonds. The highest BCUT2D eigenvalue weighted by Gasteiger charge is 2.43. The molecule has 1 heterocycles. The monoisotopic (exact) mass is 244 g/mol. The molecule has 1 atom stereocenters. The molecule has 17 heavy (non-hydrogen) atoms. The largest absolute Gasteiger partial charge is 0.394 e. The molecule has 1 aliphatic rings. The SMILES string of the molecule is CC(C)C1(C(=O)NCCOCCO)CCNC1. The van der Waals surface area contributed by atoms with Crippen molar-refractivity contribution in [2.24, 2.45) is 11.3 Å². The lowest BCUT2D eigenvalue weighted by molar-refractivity contribution is -0.132. The first-order valence-corrected chi connectivity index (χ1v) is 6.31. The molecule has 3 N–H and O–H groups in total. The second-order valence-electron chi connectivity index (χ2n) is 4.83. The van der Waals surface area contributed by atoms with Gasteiger partial charge in [0.25, 0.3) is 0 Å². The van der Waals surface area contributed by atoms with Crippen LogP contribution in [0, 0.1) is 11.3 Å². The normalized spacial score (nSPS) is 24.2. The Morgan fingerprint density at radius 1 is 1.53 bits per heavy atom. The molecule has 5 nitrogen and oxygen atoms in total. The summed E-state index contributed by atoms with van der Waals surface area (Å²) in [6, 6.07) is 0. The fourth-order valence-electron chi connectivity index (χ4n) is 2.24. The van der Waals surface area contributed by atoms with Crippen LogP contribution in [0.1, 0.15) is 20.3 Å². The van der Waals surface area contributed by atoms with Crippen molar-refractivity contribution in [2.45, 2.75) is 20.3 Å². The standard InChI is InChI=1S/C12H24N2O3/c1-10(2)12(3-4-13-9-12)11(16)14-5-7-17-8-6-15/h10,13,15H,3-9H2,1-2H3,(H,14,16). The van der Waals surface area contributed by atoms with E-state index in [0.717, 1.165) is 19.5 Å². The molecule has 5 heteroatoms. The molecular weight excluding hydrogens is 220 g/mol. The Morgan fingerprint density at radius 3 is 2.82 bits per heavy atom. The van der Waals surface area contributed by atoms with E-state index in [-0.39, 0.29) is 17.9 Å². The molecule has 1 fully saturated rings. The van der Waals surface area contributed by atoms with E-state index < -0.39 is 0 Å². The summed E-state index contributed by atoms with van der Waals surface area (Å²) < 4.78 is 5.11. The minimum atomic E-state index is -0.267. The molecule has 100 valence electrons. The minimum absolute atomic E-state index is 0.0216. The summed E-state index contributed by atoms with van der Waals surface area (Å²) in [7, 11) is 0. The van der Waals surface area contributed by atoms with Crippen molar-refractivity contribution in [1.29, 1.82) is 0 Å². The lowest BCUT2D eigenvalue weighted by atomic mass is 9.75. The number of carbonyl (C=O) groups is 1. The van der Waals surface area contributed by atoms with E-state index in [9.17, 15) is 4.79 Å². The Morgan fingerprint density at radius 2 is 2.29 bits per heavy atom. The third-order valence-corrected chi connectivity index (χ3v) is 3.51. The van der Waals surface area contributed by atoms with Crippen LogP contribution >= 0.6 is 0 Å². The van der Waals surface area contributed by atoms with Gasteiger partial charge in [-0.25, -0.2) is 0 Å². The Kier molecular flexibility index (Phi) is 5.88. The van der Waals surface area contributed by atoms with Gasteiger partial charge in [0.2, 0.25) is 5.91 Å². The van der Waals surface area contributed by atoms with Crippen LogP contribution < -0.4 is 10.6 Å². The van der Waals surface area contributed by atoms with E-state index >= 15 is 0 Å². The molecule has 0 aromatic rings. The zero-order chi connectivity index (χ0) is 12.7. The molecule has 1 rings (SSSR count). The maximum absolute atomic E-state index is 12.2. The first-order valence-electron chi connectivity index (χ1n) is 6.31. The van der Waals surface area contributed by atoms with E-state index in [1.165, 1.54) is 0 Å². The topological polar surface area (TPSA) is 70.6 Å². The highest BCUT2D eigenvalue weighted by molar-refractivity contribution is 5.83. The average molecular weight is 244 g/mol. The third kappa shape index (κ3) is 3.66. The van der Waals surface area contributed by atoms with Crippen LogP contribution in [0.3, 0.4) is 0 Å². The van der Waals surface area contributed by atoms with Gasteiger partial charge in [0.05, 0.1) is 25.2 Å². The van der Waals surface area contributed by atoms with Gasteiger partial charge in [-0.15, -0.1) is 0 Å². The quantitative estimate of drug-likeness (QED) is 0.540. The predicted molar refractivity (Wildman–Crippen MR) is 65.7 cm³/mol. The fourth-order valence-corrected chi connectivity index (χ4v) is 2.24. The molecule has 1 saturated heterocycles. The zero-order valence-corrected chi connectivity index (χ0v) is 10.8. The summed E-state index contributed by atoms with van der Waals surface area (Å²) in [4.78, 5) is 12.2. The molecular formula is C12H24N2O3. The number of nitrogens with one attached hydrogen (secondary N) is 2. The van der Waals surface area contributed by atoms with Crippen LogP contribution in [-0.4, -0.2) is 50.5 Å². The summed E-state index contributed by atoms with van der Waals surface area (Å²) in [5.74, 6) is 0.445. The van der Waals surface area contributed by atoms with Gasteiger partial charge in [0.1, 0.15) is 0 Å². The smallest absolute Gasteiger partial charge is 0.227 e. The first-order chi connectivity index (χ1) is 8.13. The average Bonchev–Trinajstić information content (AvgIpc) is 2.79. The van der Waals surface area contributed by atoms with Crippen LogP contribution in [0.4, 0.5) is 0 Å². The van der Waals surface area contributed by atoms with E-state index in [0.29, 0.717) is 25.7 Å². The van der Waals surface area contributed by atoms with Gasteiger partial charge in [0, 0.05) is 13.1 Å². The lowest BCUT2D eigenvalue weighted by Gasteiger charge is -2.31. The Balaban J connectivity index is 2.34. The van der Waals surface area contributed by atoms with Crippen LogP contribution in [0.15, 0.2) is 0 Å². The molecule has 0 radical (unpaired) electrons. The summed E-state index contributed by atoms with van der Waals surface area (Å²) >= 11 is 0. The van der Waals surface area contributed by atoms with Crippen molar-refractivity contribution < 1.29 is 14.6 Å². The summed E-state index contributed by atoms with van der Waals surface area (Å²) in [6.07, 6.45) is 0.897. The van der Waals surface area contributed by atoms with E-state index in [1.807, 2.05) is 0 Å². The molecule has 0 aromatic carbocycles. The third-order valence-electron chi connectivity index (χ3n) is 3.51. The molecule has 1 aliphatic heterocycles. The van der Waals surface area contributed by atoms with Gasteiger partial charge in [-0.1, -0.05) is 13.8 Å². The number of aliphatic hydroxyl groups excluding tert-OH is 1. The summed E-state index contributed by atoms with van der Waals surface area (Å²) in [6.45, 7) is 7.16. The number of amides is 1. The molecule has 0 spiro atoms. The van der Waals surface area contributed by atoms with Crippen molar-refractivity contribution in [3.05, 3.63) is 0 Å². The molecule has 1 unspecified atom stereocenters. The molecule has 0 aromatic heterocycles. The van der Waals surface area contributed by atoms with E-state index in [4.69, 9.17) is 9.84 Å². The fraction of sp³-hybridized carbons (Fsp3) is 0.917. The van der Waals surface area contributed by atoms with Gasteiger partial charge in [-0.3, -0.25) is 4.79 Å². The Hall–Kier alpha value is -0.650. The van der Waals surface area contributed by atoms with Gasteiger partial charge in [0.15, 0.2) is 0 Å². The van der Waals surface area contributed by atoms with Gasteiger partial charge in [-0.2, -0.15) is 0 Å². The lowest BCUT2D eigenvalue weighted by Crippen LogP contribution is -2.46. The number of carbonyl (C=O) groups excluding carboxylic acids is 1. The summed E-state index contributed by atoms with van der Waals surface area (Å²) in [5, 5.41) is 14.7. The van der Waals surface area contributed by atoms with Gasteiger partial charge < -0.3 is 20.5 Å². The molecule has 0 saturated carbocycles. The van der Waals surface area contributed by atoms with Crippen molar-refractivity contribution in [3.8, 4) is 0 Å². The number of ether oxygens (including phenoxy) is 1. The van der Waals surface area contributed by atoms with Gasteiger partial charge in [-0.05, 0) is 18.9 Å². The number of aliphatic hydroxyl groups is 1. The van der Waals surface area contributed by atoms with Crippen molar-refractivity contribution in [1.82, 2.24) is 10.6 Å². The Bertz CT molecular complexity index is 238. The van der Waals surface area contributed by atoms with Crippen LogP contribution in [-0.2, 0) is 9.53 Å². The number of hydrogen-bond donors (Lipinski definition) is 3. The minimum Gasteiger partial charge on any atom is -0.394 e. The molecule has 0 aliphatic carbocycles. The van der Waals surface area contributed by atoms with E-state index in [2.05, 4.69) is 24.5 Å². The van der Waals surface area contributed by atoms with Crippen LogP contribution in [0.5, 0.6) is 0 Å². The van der Waals surface area contributed by atoms with Gasteiger partial charge >= 0.3 is 0 Å². The maximum atomic E-state index is 12.2. The predicted octanol–water partition coefficient (Wildman–Crippen LogP) is -0.253. The highest BCUT2D eigenvalue weighted by Crippen LogP contribution is 2.34. The van der Waals surface area contributed by atoms with Crippen molar-refractivity contribution >= 4 is 5.91 Å². The second-order valence-corrected chi connectivity index (χ2v) is 4.83. The van der Waals surface area contributed by atoms with Crippen LogP contribution in [0.2, 0.25) is 0 Å². The number of rotatable bonds is 7. The van der Waals surface area contributed by atoms with E-state index in [1.54, 1.807) is 0 Å². The maximum Gasteiger partial charge on any atom is 0.227 e. The Labute approximate surface area is 103 Å². The van der Waals surface area contributed by atoms with Crippen molar-refractivity contribution in [3.63, 3.8) is 0 Å². The number of hydrogen-bond acceptors (Lipinski definition) is 4. The second kappa shape index (κ2) is 6.93. The zero-order valence-electron chi connectivity index (χ0n) is 10.8. The molecule has 0 bridgehead atoms. The first kappa shape index (κ1) is 14.4. The van der Waals surface area contributed by atoms with Crippen LogP contribution in [0.25, 0.3) is 0 Å². The van der Waals surface area contributed by atoms with Crippen molar-refractivity contribution in [2.75, 3.05) is 39.5 Å². The summed E-state index contributed by atoms with van der Waals surface area (Å²) in [5.41, 5.74) is -0.267. The highest BCUT2D eigenvalue weighted by atomic mass is 16.5.